The van der Waals surface area contributed by atoms with Gasteiger partial charge in [-0.15, -0.1) is 0 Å². The fourth-order valence-corrected chi connectivity index (χ4v) is 1.47. The first kappa shape index (κ1) is 11.9. The van der Waals surface area contributed by atoms with Crippen LogP contribution >= 0.6 is 23.2 Å². The standard InChI is InChI=1S/C7H6O2.C3HCl2N3/c1-8-7-4-5-2-3-6(7)9-5;4-2-6-1-7-3(5)8-2/h2-4H,1H3;1H. The Bertz CT molecular complexity index is 582. The molecule has 0 radical (unpaired) electrons. The van der Waals surface area contributed by atoms with Crippen LogP contribution in [0.1, 0.15) is 0 Å². The van der Waals surface area contributed by atoms with Gasteiger partial charge >= 0.3 is 0 Å². The first-order chi connectivity index (χ1) is 8.19. The highest BCUT2D eigenvalue weighted by molar-refractivity contribution is 6.30. The van der Waals surface area contributed by atoms with Gasteiger partial charge in [-0.1, -0.05) is 0 Å². The first-order valence-electron chi connectivity index (χ1n) is 4.55. The fourth-order valence-electron chi connectivity index (χ4n) is 1.18. The van der Waals surface area contributed by atoms with Gasteiger partial charge in [0.2, 0.25) is 10.6 Å². The van der Waals surface area contributed by atoms with Crippen LogP contribution in [0, 0.1) is 0 Å². The topological polar surface area (TPSA) is 61.0 Å². The van der Waals surface area contributed by atoms with Crippen molar-refractivity contribution in [2.75, 3.05) is 7.11 Å². The number of halogens is 2. The van der Waals surface area contributed by atoms with E-state index in [2.05, 4.69) is 15.0 Å². The molecule has 3 rings (SSSR count). The molecule has 0 N–H and O–H groups in total. The van der Waals surface area contributed by atoms with Crippen molar-refractivity contribution in [3.05, 3.63) is 35.1 Å². The maximum atomic E-state index is 5.30. The summed E-state index contributed by atoms with van der Waals surface area (Å²) in [6, 6.07) is 5.68. The van der Waals surface area contributed by atoms with Crippen molar-refractivity contribution in [2.24, 2.45) is 0 Å². The zero-order valence-corrected chi connectivity index (χ0v) is 10.2. The molecule has 3 aromatic rings. The maximum Gasteiger partial charge on any atom is 0.226 e. The Morgan fingerprint density at radius 1 is 1.18 bits per heavy atom. The molecule has 0 atom stereocenters. The van der Waals surface area contributed by atoms with Crippen LogP contribution in [0.2, 0.25) is 10.6 Å². The van der Waals surface area contributed by atoms with Crippen LogP contribution in [0.4, 0.5) is 0 Å². The van der Waals surface area contributed by atoms with Crippen LogP contribution in [0.15, 0.2) is 28.9 Å². The molecule has 0 amide bonds. The molecule has 88 valence electrons. The van der Waals surface area contributed by atoms with Crippen LogP contribution in [-0.4, -0.2) is 22.1 Å². The largest absolute Gasteiger partial charge is 0.493 e. The summed E-state index contributed by atoms with van der Waals surface area (Å²) < 4.78 is 10.2. The summed E-state index contributed by atoms with van der Waals surface area (Å²) in [5.74, 6) is 0.826. The highest BCUT2D eigenvalue weighted by Crippen LogP contribution is 2.27. The molecule has 0 fully saturated rings. The number of aromatic nitrogens is 3. The Balaban J connectivity index is 0.000000128. The Hall–Kier alpha value is -1.59. The molecule has 0 aliphatic carbocycles. The summed E-state index contributed by atoms with van der Waals surface area (Å²) in [6.07, 6.45) is 1.25. The quantitative estimate of drug-likeness (QED) is 0.681. The Morgan fingerprint density at radius 2 is 1.88 bits per heavy atom. The van der Waals surface area contributed by atoms with Gasteiger partial charge in [0.25, 0.3) is 0 Å². The van der Waals surface area contributed by atoms with Gasteiger partial charge in [-0.25, -0.2) is 9.97 Å². The average Bonchev–Trinajstić information content (AvgIpc) is 2.90. The van der Waals surface area contributed by atoms with Gasteiger partial charge in [0.05, 0.1) is 7.11 Å². The van der Waals surface area contributed by atoms with Gasteiger partial charge in [0.15, 0.2) is 11.3 Å². The van der Waals surface area contributed by atoms with Crippen LogP contribution in [-0.2, 0) is 0 Å². The van der Waals surface area contributed by atoms with Crippen molar-refractivity contribution < 1.29 is 9.15 Å². The van der Waals surface area contributed by atoms with Crippen LogP contribution in [0.5, 0.6) is 5.75 Å². The molecule has 0 aromatic carbocycles. The number of hydrogen-bond donors (Lipinski definition) is 0. The van der Waals surface area contributed by atoms with Crippen molar-refractivity contribution in [3.63, 3.8) is 0 Å². The van der Waals surface area contributed by atoms with Crippen molar-refractivity contribution >= 4 is 34.4 Å². The van der Waals surface area contributed by atoms with E-state index in [-0.39, 0.29) is 10.6 Å². The molecule has 0 spiro atoms. The van der Waals surface area contributed by atoms with Crippen molar-refractivity contribution in [2.45, 2.75) is 0 Å². The number of furan rings is 2. The second kappa shape index (κ2) is 5.16. The number of hydrogen-bond acceptors (Lipinski definition) is 5. The van der Waals surface area contributed by atoms with Crippen LogP contribution < -0.4 is 4.74 Å². The minimum atomic E-state index is 0.116. The smallest absolute Gasteiger partial charge is 0.226 e. The summed E-state index contributed by atoms with van der Waals surface area (Å²) in [7, 11) is 1.64. The zero-order valence-electron chi connectivity index (χ0n) is 8.72. The second-order valence-corrected chi connectivity index (χ2v) is 3.61. The SMILES string of the molecule is COc1cc2ccc1o2.Clc1ncnc(Cl)n1. The van der Waals surface area contributed by atoms with E-state index in [1.807, 2.05) is 18.2 Å². The number of fused-ring (bicyclic) bond motifs is 2. The summed E-state index contributed by atoms with van der Waals surface area (Å²) in [5.41, 5.74) is 1.70. The van der Waals surface area contributed by atoms with Crippen molar-refractivity contribution in [1.82, 2.24) is 15.0 Å². The minimum absolute atomic E-state index is 0.116. The number of benzene rings is 1. The second-order valence-electron chi connectivity index (χ2n) is 2.94. The number of rotatable bonds is 1. The van der Waals surface area contributed by atoms with E-state index in [4.69, 9.17) is 32.4 Å². The summed E-state index contributed by atoms with van der Waals surface area (Å²) >= 11 is 10.6. The normalized spacial score (nSPS) is 10.1. The summed E-state index contributed by atoms with van der Waals surface area (Å²) in [6.45, 7) is 0. The summed E-state index contributed by atoms with van der Waals surface area (Å²) in [4.78, 5) is 10.5. The molecule has 0 aliphatic rings. The lowest BCUT2D eigenvalue weighted by molar-refractivity contribution is 0.416. The van der Waals surface area contributed by atoms with Gasteiger partial charge in [0.1, 0.15) is 11.9 Å². The Morgan fingerprint density at radius 3 is 2.18 bits per heavy atom. The first-order valence-corrected chi connectivity index (χ1v) is 5.30. The average molecular weight is 272 g/mol. The molecule has 3 heterocycles. The lowest BCUT2D eigenvalue weighted by atomic mass is 10.3. The lowest BCUT2D eigenvalue weighted by Crippen LogP contribution is -1.83. The third-order valence-corrected chi connectivity index (χ3v) is 2.24. The Labute approximate surface area is 107 Å². The lowest BCUT2D eigenvalue weighted by Gasteiger charge is -1.90. The number of nitrogens with zero attached hydrogens (tertiary/aromatic N) is 3. The predicted octanol–water partition coefficient (Wildman–Crippen LogP) is 3.06. The van der Waals surface area contributed by atoms with E-state index < -0.39 is 0 Å². The molecule has 3 aromatic heterocycles. The minimum Gasteiger partial charge on any atom is -0.493 e. The van der Waals surface area contributed by atoms with E-state index in [1.54, 1.807) is 7.11 Å². The number of methoxy groups -OCH3 is 1. The highest BCUT2D eigenvalue weighted by Gasteiger charge is 2.04. The van der Waals surface area contributed by atoms with Crippen molar-refractivity contribution in [1.29, 1.82) is 0 Å². The Kier molecular flexibility index (Phi) is 3.61. The van der Waals surface area contributed by atoms with Gasteiger partial charge < -0.3 is 9.15 Å². The molecule has 0 saturated carbocycles. The van der Waals surface area contributed by atoms with Gasteiger partial charge in [-0.05, 0) is 35.3 Å². The number of ether oxygens (including phenoxy) is 1. The van der Waals surface area contributed by atoms with Gasteiger partial charge in [-0.2, -0.15) is 4.98 Å². The van der Waals surface area contributed by atoms with E-state index in [1.165, 1.54) is 6.33 Å². The predicted molar refractivity (Wildman–Crippen MR) is 63.8 cm³/mol. The fraction of sp³-hybridized carbons (Fsp3) is 0.100. The van der Waals surface area contributed by atoms with Crippen LogP contribution in [0.25, 0.3) is 11.2 Å². The third-order valence-electron chi connectivity index (χ3n) is 1.88. The third kappa shape index (κ3) is 2.95. The van der Waals surface area contributed by atoms with Gasteiger partial charge in [0, 0.05) is 6.07 Å². The molecule has 0 saturated heterocycles. The highest BCUT2D eigenvalue weighted by atomic mass is 35.5. The summed E-state index contributed by atoms with van der Waals surface area (Å²) in [5, 5.41) is 0.231. The molecule has 2 bridgehead atoms. The molecule has 0 aliphatic heterocycles. The molecule has 7 heteroatoms. The van der Waals surface area contributed by atoms with E-state index >= 15 is 0 Å². The molecule has 17 heavy (non-hydrogen) atoms. The molecule has 0 unspecified atom stereocenters. The maximum absolute atomic E-state index is 5.30. The molecular formula is C10H7Cl2N3O2. The van der Waals surface area contributed by atoms with Crippen molar-refractivity contribution in [3.8, 4) is 5.75 Å². The van der Waals surface area contributed by atoms with E-state index in [9.17, 15) is 0 Å². The van der Waals surface area contributed by atoms with E-state index in [0.717, 1.165) is 16.9 Å². The molecule has 5 nitrogen and oxygen atoms in total. The van der Waals surface area contributed by atoms with Gasteiger partial charge in [-0.3, -0.25) is 0 Å². The van der Waals surface area contributed by atoms with Crippen LogP contribution in [0.3, 0.4) is 0 Å². The van der Waals surface area contributed by atoms with E-state index in [0.29, 0.717) is 0 Å². The molecular weight excluding hydrogens is 265 g/mol. The zero-order chi connectivity index (χ0) is 12.3. The monoisotopic (exact) mass is 271 g/mol.